The fourth-order valence-electron chi connectivity index (χ4n) is 2.96. The average Bonchev–Trinajstić information content (AvgIpc) is 2.81. The normalized spacial score (nSPS) is 18.2. The first-order valence-electron chi connectivity index (χ1n) is 7.20. The first kappa shape index (κ1) is 12.5. The first-order valence-corrected chi connectivity index (χ1v) is 7.20. The van der Waals surface area contributed by atoms with Gasteiger partial charge in [0.05, 0.1) is 5.69 Å². The number of nitrogen functional groups attached to an aromatic ring is 1. The summed E-state index contributed by atoms with van der Waals surface area (Å²) in [4.78, 5) is 7.21. The Hall–Kier alpha value is -1.55. The van der Waals surface area contributed by atoms with Crippen molar-refractivity contribution in [2.45, 2.75) is 26.2 Å². The second-order valence-electron chi connectivity index (χ2n) is 5.54. The highest BCUT2D eigenvalue weighted by Gasteiger charge is 2.19. The molecule has 1 aliphatic rings. The molecule has 4 heteroatoms. The SMILES string of the molecule is CCN1CCC(Cc2cn3cc(N)ccc3n2)CC1. The van der Waals surface area contributed by atoms with Crippen LogP contribution in [0.15, 0.2) is 24.5 Å². The maximum atomic E-state index is 5.79. The molecule has 102 valence electrons. The van der Waals surface area contributed by atoms with E-state index in [1.165, 1.54) is 38.2 Å². The van der Waals surface area contributed by atoms with Crippen molar-refractivity contribution in [3.63, 3.8) is 0 Å². The van der Waals surface area contributed by atoms with Gasteiger partial charge in [-0.05, 0) is 56.9 Å². The quantitative estimate of drug-likeness (QED) is 0.918. The van der Waals surface area contributed by atoms with Crippen molar-refractivity contribution in [2.24, 2.45) is 5.92 Å². The molecule has 0 saturated carbocycles. The molecular weight excluding hydrogens is 236 g/mol. The number of imidazole rings is 1. The monoisotopic (exact) mass is 258 g/mol. The lowest BCUT2D eigenvalue weighted by Crippen LogP contribution is -2.34. The molecule has 0 bridgehead atoms. The smallest absolute Gasteiger partial charge is 0.137 e. The molecular formula is C15H22N4. The minimum atomic E-state index is 0.782. The summed E-state index contributed by atoms with van der Waals surface area (Å²) in [6.45, 7) is 5.90. The van der Waals surface area contributed by atoms with Crippen LogP contribution in [0.5, 0.6) is 0 Å². The van der Waals surface area contributed by atoms with Crippen molar-refractivity contribution in [3.8, 4) is 0 Å². The summed E-state index contributed by atoms with van der Waals surface area (Å²) in [6.07, 6.45) is 7.75. The van der Waals surface area contributed by atoms with Crippen LogP contribution >= 0.6 is 0 Å². The predicted octanol–water partition coefficient (Wildman–Crippen LogP) is 2.19. The van der Waals surface area contributed by atoms with Crippen molar-refractivity contribution >= 4 is 11.3 Å². The summed E-state index contributed by atoms with van der Waals surface area (Å²) in [6, 6.07) is 3.89. The Labute approximate surface area is 114 Å². The van der Waals surface area contributed by atoms with Crippen molar-refractivity contribution in [3.05, 3.63) is 30.2 Å². The summed E-state index contributed by atoms with van der Waals surface area (Å²) in [7, 11) is 0. The van der Waals surface area contributed by atoms with Gasteiger partial charge in [-0.15, -0.1) is 0 Å². The van der Waals surface area contributed by atoms with E-state index in [-0.39, 0.29) is 0 Å². The zero-order valence-corrected chi connectivity index (χ0v) is 11.5. The number of aromatic nitrogens is 2. The highest BCUT2D eigenvalue weighted by Crippen LogP contribution is 2.21. The molecule has 2 aromatic rings. The number of piperidine rings is 1. The highest BCUT2D eigenvalue weighted by atomic mass is 15.1. The van der Waals surface area contributed by atoms with Gasteiger partial charge in [0.15, 0.2) is 0 Å². The topological polar surface area (TPSA) is 46.6 Å². The largest absolute Gasteiger partial charge is 0.398 e. The minimum absolute atomic E-state index is 0.782. The predicted molar refractivity (Wildman–Crippen MR) is 78.1 cm³/mol. The summed E-state index contributed by atoms with van der Waals surface area (Å²) >= 11 is 0. The number of nitrogens with zero attached hydrogens (tertiary/aromatic N) is 3. The van der Waals surface area contributed by atoms with Gasteiger partial charge in [-0.1, -0.05) is 6.92 Å². The molecule has 0 spiro atoms. The lowest BCUT2D eigenvalue weighted by atomic mass is 9.92. The van der Waals surface area contributed by atoms with E-state index in [2.05, 4.69) is 23.0 Å². The molecule has 0 atom stereocenters. The third-order valence-electron chi connectivity index (χ3n) is 4.18. The van der Waals surface area contributed by atoms with Gasteiger partial charge < -0.3 is 15.0 Å². The second-order valence-corrected chi connectivity index (χ2v) is 5.54. The van der Waals surface area contributed by atoms with Crippen LogP contribution in [0.1, 0.15) is 25.5 Å². The van der Waals surface area contributed by atoms with Crippen molar-refractivity contribution < 1.29 is 0 Å². The van der Waals surface area contributed by atoms with E-state index in [4.69, 9.17) is 5.73 Å². The fraction of sp³-hybridized carbons (Fsp3) is 0.533. The lowest BCUT2D eigenvalue weighted by Gasteiger charge is -2.30. The minimum Gasteiger partial charge on any atom is -0.398 e. The maximum Gasteiger partial charge on any atom is 0.137 e. The van der Waals surface area contributed by atoms with E-state index in [1.807, 2.05) is 22.7 Å². The molecule has 0 aromatic carbocycles. The van der Waals surface area contributed by atoms with Crippen LogP contribution in [0.3, 0.4) is 0 Å². The average molecular weight is 258 g/mol. The molecule has 3 heterocycles. The number of likely N-dealkylation sites (tertiary alicyclic amines) is 1. The number of fused-ring (bicyclic) bond motifs is 1. The number of hydrogen-bond acceptors (Lipinski definition) is 3. The third kappa shape index (κ3) is 2.73. The van der Waals surface area contributed by atoms with Gasteiger partial charge >= 0.3 is 0 Å². The summed E-state index contributed by atoms with van der Waals surface area (Å²) in [5.41, 5.74) is 8.77. The first-order chi connectivity index (χ1) is 9.24. The van der Waals surface area contributed by atoms with E-state index >= 15 is 0 Å². The van der Waals surface area contributed by atoms with Gasteiger partial charge in [0.1, 0.15) is 5.65 Å². The highest BCUT2D eigenvalue weighted by molar-refractivity contribution is 5.48. The Kier molecular flexibility index (Phi) is 3.42. The summed E-state index contributed by atoms with van der Waals surface area (Å²) in [5, 5.41) is 0. The fourth-order valence-corrected chi connectivity index (χ4v) is 2.96. The summed E-state index contributed by atoms with van der Waals surface area (Å²) in [5.74, 6) is 0.782. The van der Waals surface area contributed by atoms with Gasteiger partial charge in [0.25, 0.3) is 0 Å². The van der Waals surface area contributed by atoms with E-state index in [0.717, 1.165) is 23.7 Å². The molecule has 4 nitrogen and oxygen atoms in total. The van der Waals surface area contributed by atoms with Gasteiger partial charge in [0, 0.05) is 18.1 Å². The zero-order chi connectivity index (χ0) is 13.2. The molecule has 2 N–H and O–H groups in total. The molecule has 0 radical (unpaired) electrons. The molecule has 19 heavy (non-hydrogen) atoms. The zero-order valence-electron chi connectivity index (χ0n) is 11.5. The Morgan fingerprint density at radius 1 is 1.26 bits per heavy atom. The molecule has 1 saturated heterocycles. The number of nitrogens with two attached hydrogens (primary N) is 1. The van der Waals surface area contributed by atoms with E-state index in [1.54, 1.807) is 0 Å². The summed E-state index contributed by atoms with van der Waals surface area (Å²) < 4.78 is 2.03. The van der Waals surface area contributed by atoms with Crippen LogP contribution in [0.2, 0.25) is 0 Å². The lowest BCUT2D eigenvalue weighted by molar-refractivity contribution is 0.191. The number of anilines is 1. The number of pyridine rings is 1. The van der Waals surface area contributed by atoms with Crippen LogP contribution < -0.4 is 5.73 Å². The Morgan fingerprint density at radius 3 is 2.79 bits per heavy atom. The second kappa shape index (κ2) is 5.21. The molecule has 0 aliphatic carbocycles. The van der Waals surface area contributed by atoms with Gasteiger partial charge in [-0.2, -0.15) is 0 Å². The van der Waals surface area contributed by atoms with Crippen LogP contribution in [0.4, 0.5) is 5.69 Å². The molecule has 2 aromatic heterocycles. The Morgan fingerprint density at radius 2 is 2.05 bits per heavy atom. The standard InChI is InChI=1S/C15H22N4/c1-2-18-7-5-12(6-8-18)9-14-11-19-10-13(16)3-4-15(19)17-14/h3-4,10-12H,2,5-9,16H2,1H3. The van der Waals surface area contributed by atoms with Crippen molar-refractivity contribution in [1.82, 2.24) is 14.3 Å². The molecule has 1 fully saturated rings. The van der Waals surface area contributed by atoms with Gasteiger partial charge in [0.2, 0.25) is 0 Å². The van der Waals surface area contributed by atoms with E-state index < -0.39 is 0 Å². The van der Waals surface area contributed by atoms with Crippen LogP contribution in [-0.4, -0.2) is 33.9 Å². The molecule has 0 amide bonds. The van der Waals surface area contributed by atoms with E-state index in [0.29, 0.717) is 0 Å². The molecule has 1 aliphatic heterocycles. The molecule has 0 unspecified atom stereocenters. The number of rotatable bonds is 3. The van der Waals surface area contributed by atoms with Gasteiger partial charge in [-0.25, -0.2) is 4.98 Å². The van der Waals surface area contributed by atoms with Crippen molar-refractivity contribution in [2.75, 3.05) is 25.4 Å². The maximum absolute atomic E-state index is 5.79. The molecule has 3 rings (SSSR count). The number of hydrogen-bond donors (Lipinski definition) is 1. The van der Waals surface area contributed by atoms with Crippen LogP contribution in [0.25, 0.3) is 5.65 Å². The van der Waals surface area contributed by atoms with Gasteiger partial charge in [-0.3, -0.25) is 0 Å². The van der Waals surface area contributed by atoms with Crippen LogP contribution in [-0.2, 0) is 6.42 Å². The third-order valence-corrected chi connectivity index (χ3v) is 4.18. The van der Waals surface area contributed by atoms with E-state index in [9.17, 15) is 0 Å². The Bertz CT molecular complexity index is 552. The van der Waals surface area contributed by atoms with Crippen LogP contribution in [0, 0.1) is 5.92 Å². The Balaban J connectivity index is 1.68. The van der Waals surface area contributed by atoms with Crippen molar-refractivity contribution in [1.29, 1.82) is 0 Å².